The summed E-state index contributed by atoms with van der Waals surface area (Å²) in [5.41, 5.74) is 6.03. The highest BCUT2D eigenvalue weighted by Gasteiger charge is 1.99. The van der Waals surface area contributed by atoms with E-state index in [1.165, 1.54) is 12.1 Å². The van der Waals surface area contributed by atoms with Gasteiger partial charge in [0.1, 0.15) is 0 Å². The van der Waals surface area contributed by atoms with Crippen molar-refractivity contribution in [1.29, 1.82) is 0 Å². The Bertz CT molecular complexity index is 469. The number of carbonyl (C=O) groups is 1. The van der Waals surface area contributed by atoms with Crippen molar-refractivity contribution in [3.05, 3.63) is 29.8 Å². The van der Waals surface area contributed by atoms with Crippen molar-refractivity contribution in [2.45, 2.75) is 13.3 Å². The van der Waals surface area contributed by atoms with Gasteiger partial charge in [-0.25, -0.2) is 4.79 Å². The Balaban J connectivity index is 0.000000325. The second-order valence-corrected chi connectivity index (χ2v) is 4.79. The van der Waals surface area contributed by atoms with Crippen LogP contribution in [-0.2, 0) is 10.1 Å². The van der Waals surface area contributed by atoms with E-state index in [0.29, 0.717) is 12.1 Å². The number of hydrogen-bond acceptors (Lipinski definition) is 4. The third-order valence-corrected chi connectivity index (χ3v) is 2.52. The van der Waals surface area contributed by atoms with Gasteiger partial charge in [-0.3, -0.25) is 4.55 Å². The van der Waals surface area contributed by atoms with Gasteiger partial charge in [-0.2, -0.15) is 8.42 Å². The minimum Gasteiger partial charge on any atom is -0.478 e. The number of carboxylic acids is 1. The molecule has 0 aliphatic heterocycles. The van der Waals surface area contributed by atoms with Crippen molar-refractivity contribution in [3.63, 3.8) is 0 Å². The van der Waals surface area contributed by atoms with Crippen LogP contribution in [0.25, 0.3) is 0 Å². The molecule has 4 N–H and O–H groups in total. The third-order valence-electron chi connectivity index (χ3n) is 1.60. The Labute approximate surface area is 99.8 Å². The predicted molar refractivity (Wildman–Crippen MR) is 64.5 cm³/mol. The molecule has 1 rings (SSSR count). The fourth-order valence-electron chi connectivity index (χ4n) is 0.930. The summed E-state index contributed by atoms with van der Waals surface area (Å²) in [5, 5.41) is 8.45. The predicted octanol–water partition coefficient (Wildman–Crippen LogP) is 1.25. The molecule has 0 heterocycles. The molecule has 17 heavy (non-hydrogen) atoms. The highest BCUT2D eigenvalue weighted by Crippen LogP contribution is 2.05. The van der Waals surface area contributed by atoms with Crippen LogP contribution in [0.1, 0.15) is 23.7 Å². The van der Waals surface area contributed by atoms with Crippen molar-refractivity contribution < 1.29 is 22.9 Å². The summed E-state index contributed by atoms with van der Waals surface area (Å²) in [4.78, 5) is 10.3. The van der Waals surface area contributed by atoms with Crippen LogP contribution in [-0.4, -0.2) is 29.8 Å². The summed E-state index contributed by atoms with van der Waals surface area (Å²) in [7, 11) is -3.67. The molecular formula is C10H15NO5S. The smallest absolute Gasteiger partial charge is 0.335 e. The molecule has 0 fully saturated rings. The first-order valence-corrected chi connectivity index (χ1v) is 6.41. The van der Waals surface area contributed by atoms with Crippen molar-refractivity contribution >= 4 is 21.8 Å². The number of anilines is 1. The van der Waals surface area contributed by atoms with Gasteiger partial charge in [0, 0.05) is 5.69 Å². The lowest BCUT2D eigenvalue weighted by molar-refractivity contribution is 0.0697. The maximum atomic E-state index is 10.3. The summed E-state index contributed by atoms with van der Waals surface area (Å²) in [6.45, 7) is 1.69. The SMILES string of the molecule is CCCS(=O)(=O)O.Nc1cccc(C(=O)O)c1. The summed E-state index contributed by atoms with van der Waals surface area (Å²) in [5.74, 6) is -1.08. The first-order valence-electron chi connectivity index (χ1n) is 4.80. The van der Waals surface area contributed by atoms with Crippen LogP contribution >= 0.6 is 0 Å². The molecule has 0 atom stereocenters. The molecule has 0 amide bonds. The molecule has 0 aromatic heterocycles. The van der Waals surface area contributed by atoms with Crippen LogP contribution in [0.5, 0.6) is 0 Å². The van der Waals surface area contributed by atoms with E-state index >= 15 is 0 Å². The molecule has 6 nitrogen and oxygen atoms in total. The summed E-state index contributed by atoms with van der Waals surface area (Å²) < 4.78 is 27.6. The lowest BCUT2D eigenvalue weighted by Gasteiger charge is -1.93. The molecular weight excluding hydrogens is 246 g/mol. The normalized spacial score (nSPS) is 10.2. The maximum absolute atomic E-state index is 10.3. The molecule has 0 unspecified atom stereocenters. The zero-order valence-corrected chi connectivity index (χ0v) is 10.1. The second kappa shape index (κ2) is 6.87. The zero-order chi connectivity index (χ0) is 13.5. The van der Waals surface area contributed by atoms with E-state index in [4.69, 9.17) is 15.4 Å². The van der Waals surface area contributed by atoms with Crippen LogP contribution in [0, 0.1) is 0 Å². The van der Waals surface area contributed by atoms with Gasteiger partial charge >= 0.3 is 5.97 Å². The standard InChI is InChI=1S/C7H7NO2.C3H8O3S/c8-6-3-1-2-5(4-6)7(9)10;1-2-3-7(4,5)6/h1-4H,8H2,(H,9,10);2-3H2,1H3,(H,4,5,6). The molecule has 7 heteroatoms. The lowest BCUT2D eigenvalue weighted by atomic mass is 10.2. The molecule has 0 aliphatic carbocycles. The van der Waals surface area contributed by atoms with E-state index in [0.717, 1.165) is 0 Å². The molecule has 96 valence electrons. The molecule has 0 aliphatic rings. The van der Waals surface area contributed by atoms with E-state index in [1.807, 2.05) is 0 Å². The summed E-state index contributed by atoms with van der Waals surface area (Å²) in [6.07, 6.45) is 0.471. The van der Waals surface area contributed by atoms with Gasteiger partial charge in [-0.1, -0.05) is 13.0 Å². The lowest BCUT2D eigenvalue weighted by Crippen LogP contribution is -2.01. The average Bonchev–Trinajstić information content (AvgIpc) is 2.16. The van der Waals surface area contributed by atoms with E-state index in [1.54, 1.807) is 19.1 Å². The summed E-state index contributed by atoms with van der Waals surface area (Å²) in [6, 6.07) is 6.17. The van der Waals surface area contributed by atoms with Crippen LogP contribution in [0.4, 0.5) is 5.69 Å². The van der Waals surface area contributed by atoms with Crippen molar-refractivity contribution in [1.82, 2.24) is 0 Å². The topological polar surface area (TPSA) is 118 Å². The van der Waals surface area contributed by atoms with Gasteiger partial charge in [0.2, 0.25) is 0 Å². The van der Waals surface area contributed by atoms with Gasteiger partial charge in [0.25, 0.3) is 10.1 Å². The Morgan fingerprint density at radius 3 is 2.24 bits per heavy atom. The monoisotopic (exact) mass is 261 g/mol. The quantitative estimate of drug-likeness (QED) is 0.556. The van der Waals surface area contributed by atoms with Crippen LogP contribution in [0.15, 0.2) is 24.3 Å². The average molecular weight is 261 g/mol. The van der Waals surface area contributed by atoms with Gasteiger partial charge in [-0.15, -0.1) is 0 Å². The van der Waals surface area contributed by atoms with Crippen molar-refractivity contribution in [3.8, 4) is 0 Å². The number of rotatable bonds is 3. The highest BCUT2D eigenvalue weighted by atomic mass is 32.2. The van der Waals surface area contributed by atoms with Crippen LogP contribution < -0.4 is 5.73 Å². The van der Waals surface area contributed by atoms with Gasteiger partial charge in [0.05, 0.1) is 11.3 Å². The van der Waals surface area contributed by atoms with E-state index < -0.39 is 16.1 Å². The number of nitrogen functional groups attached to an aromatic ring is 1. The molecule has 0 bridgehead atoms. The first-order chi connectivity index (χ1) is 7.76. The van der Waals surface area contributed by atoms with E-state index in [9.17, 15) is 13.2 Å². The fraction of sp³-hybridized carbons (Fsp3) is 0.300. The van der Waals surface area contributed by atoms with E-state index in [2.05, 4.69) is 0 Å². The van der Waals surface area contributed by atoms with E-state index in [-0.39, 0.29) is 11.3 Å². The van der Waals surface area contributed by atoms with Gasteiger partial charge in [-0.05, 0) is 24.6 Å². The number of nitrogens with two attached hydrogens (primary N) is 1. The number of benzene rings is 1. The molecule has 1 aromatic rings. The van der Waals surface area contributed by atoms with Gasteiger partial charge in [0.15, 0.2) is 0 Å². The van der Waals surface area contributed by atoms with Crippen molar-refractivity contribution in [2.24, 2.45) is 0 Å². The zero-order valence-electron chi connectivity index (χ0n) is 9.33. The maximum Gasteiger partial charge on any atom is 0.335 e. The molecule has 0 spiro atoms. The molecule has 0 saturated carbocycles. The second-order valence-electron chi connectivity index (χ2n) is 3.22. The summed E-state index contributed by atoms with van der Waals surface area (Å²) >= 11 is 0. The minimum absolute atomic E-state index is 0.132. The molecule has 1 aromatic carbocycles. The Kier molecular flexibility index (Phi) is 6.22. The highest BCUT2D eigenvalue weighted by molar-refractivity contribution is 7.85. The Morgan fingerprint density at radius 1 is 1.41 bits per heavy atom. The number of hydrogen-bond donors (Lipinski definition) is 3. The fourth-order valence-corrected chi connectivity index (χ4v) is 1.45. The van der Waals surface area contributed by atoms with Crippen molar-refractivity contribution in [2.75, 3.05) is 11.5 Å². The van der Waals surface area contributed by atoms with Gasteiger partial charge < -0.3 is 10.8 Å². The Hall–Kier alpha value is -1.60. The third kappa shape index (κ3) is 8.23. The molecule has 0 radical (unpaired) electrons. The van der Waals surface area contributed by atoms with Crippen LogP contribution in [0.2, 0.25) is 0 Å². The number of aromatic carboxylic acids is 1. The number of carboxylic acid groups (broad SMARTS) is 1. The molecule has 0 saturated heterocycles. The Morgan fingerprint density at radius 2 is 2.00 bits per heavy atom. The minimum atomic E-state index is -3.67. The van der Waals surface area contributed by atoms with Crippen LogP contribution in [0.3, 0.4) is 0 Å². The first kappa shape index (κ1) is 15.4. The largest absolute Gasteiger partial charge is 0.478 e.